The van der Waals surface area contributed by atoms with E-state index in [9.17, 15) is 4.79 Å². The number of nitrogens with zero attached hydrogens (tertiary/aromatic N) is 1. The Morgan fingerprint density at radius 3 is 2.76 bits per heavy atom. The van der Waals surface area contributed by atoms with Crippen molar-refractivity contribution in [1.29, 1.82) is 0 Å². The van der Waals surface area contributed by atoms with Crippen LogP contribution in [0.15, 0.2) is 18.2 Å². The molecule has 0 spiro atoms. The molecule has 1 fully saturated rings. The lowest BCUT2D eigenvalue weighted by atomic mass is 9.93. The van der Waals surface area contributed by atoms with Crippen molar-refractivity contribution < 1.29 is 4.79 Å². The molecule has 1 atom stereocenters. The van der Waals surface area contributed by atoms with Gasteiger partial charge < -0.3 is 10.2 Å². The van der Waals surface area contributed by atoms with Crippen LogP contribution in [0.25, 0.3) is 0 Å². The first kappa shape index (κ1) is 16.6. The maximum atomic E-state index is 12.3. The van der Waals surface area contributed by atoms with Gasteiger partial charge in [-0.05, 0) is 64.0 Å². The molecule has 1 N–H and O–H groups in total. The van der Waals surface area contributed by atoms with Crippen molar-refractivity contribution >= 4 is 29.1 Å². The van der Waals surface area contributed by atoms with Crippen molar-refractivity contribution in [3.05, 3.63) is 33.8 Å². The Kier molecular flexibility index (Phi) is 5.18. The van der Waals surface area contributed by atoms with Crippen molar-refractivity contribution in [2.75, 3.05) is 13.6 Å². The minimum atomic E-state index is -0.545. The first-order valence-corrected chi connectivity index (χ1v) is 8.02. The molecule has 1 amide bonds. The quantitative estimate of drug-likeness (QED) is 0.910. The minimum absolute atomic E-state index is 0.0507. The van der Waals surface area contributed by atoms with Gasteiger partial charge in [-0.15, -0.1) is 0 Å². The summed E-state index contributed by atoms with van der Waals surface area (Å²) in [6, 6.07) is 5.67. The Labute approximate surface area is 136 Å². The summed E-state index contributed by atoms with van der Waals surface area (Å²) in [5, 5.41) is 4.31. The molecule has 1 aliphatic heterocycles. The summed E-state index contributed by atoms with van der Waals surface area (Å²) in [7, 11) is 2.07. The highest BCUT2D eigenvalue weighted by atomic mass is 35.5. The number of carbonyl (C=O) groups excluding carboxylic acids is 1. The van der Waals surface area contributed by atoms with Crippen LogP contribution in [0.5, 0.6) is 0 Å². The SMILES string of the molecule is CN1CCC[C@H]1CC(=O)NC(C)(C)c1cc(Cl)ccc1Cl. The molecule has 0 saturated carbocycles. The fraction of sp³-hybridized carbons (Fsp3) is 0.562. The lowest BCUT2D eigenvalue weighted by molar-refractivity contribution is -0.123. The number of hydrogen-bond acceptors (Lipinski definition) is 2. The molecule has 5 heteroatoms. The van der Waals surface area contributed by atoms with Gasteiger partial charge in [-0.3, -0.25) is 4.79 Å². The molecule has 0 aliphatic carbocycles. The Morgan fingerprint density at radius 2 is 2.14 bits per heavy atom. The van der Waals surface area contributed by atoms with Crippen molar-refractivity contribution in [1.82, 2.24) is 10.2 Å². The molecule has 0 aromatic heterocycles. The highest BCUT2D eigenvalue weighted by molar-refractivity contribution is 6.33. The first-order valence-electron chi connectivity index (χ1n) is 7.26. The van der Waals surface area contributed by atoms with Gasteiger partial charge in [0, 0.05) is 22.5 Å². The van der Waals surface area contributed by atoms with Crippen LogP contribution < -0.4 is 5.32 Å². The van der Waals surface area contributed by atoms with Gasteiger partial charge in [0.25, 0.3) is 0 Å². The zero-order valence-corrected chi connectivity index (χ0v) is 14.3. The van der Waals surface area contributed by atoms with Gasteiger partial charge in [0.05, 0.1) is 5.54 Å². The van der Waals surface area contributed by atoms with E-state index in [1.165, 1.54) is 0 Å². The smallest absolute Gasteiger partial charge is 0.222 e. The normalized spacial score (nSPS) is 19.8. The number of rotatable bonds is 4. The van der Waals surface area contributed by atoms with Crippen LogP contribution in [0, 0.1) is 0 Å². The first-order chi connectivity index (χ1) is 9.79. The average Bonchev–Trinajstić information content (AvgIpc) is 2.77. The second-order valence-corrected chi connectivity index (χ2v) is 7.12. The second kappa shape index (κ2) is 6.55. The molecule has 21 heavy (non-hydrogen) atoms. The monoisotopic (exact) mass is 328 g/mol. The molecule has 0 radical (unpaired) electrons. The van der Waals surface area contributed by atoms with E-state index < -0.39 is 5.54 Å². The summed E-state index contributed by atoms with van der Waals surface area (Å²) in [6.07, 6.45) is 2.78. The molecule has 1 aliphatic rings. The summed E-state index contributed by atoms with van der Waals surface area (Å²) in [4.78, 5) is 14.6. The van der Waals surface area contributed by atoms with Crippen molar-refractivity contribution in [2.24, 2.45) is 0 Å². The third-order valence-corrected chi connectivity index (χ3v) is 4.71. The standard InChI is InChI=1S/C16H22Cl2N2O/c1-16(2,13-9-11(17)6-7-14(13)18)19-15(21)10-12-5-4-8-20(12)3/h6-7,9,12H,4-5,8,10H2,1-3H3,(H,19,21)/t12-/m0/s1. The maximum Gasteiger partial charge on any atom is 0.222 e. The summed E-state index contributed by atoms with van der Waals surface area (Å²) >= 11 is 12.3. The number of hydrogen-bond donors (Lipinski definition) is 1. The second-order valence-electron chi connectivity index (χ2n) is 6.28. The number of amides is 1. The van der Waals surface area contributed by atoms with E-state index in [-0.39, 0.29) is 5.91 Å². The molecule has 0 bridgehead atoms. The lowest BCUT2D eigenvalue weighted by Crippen LogP contribution is -2.43. The number of benzene rings is 1. The van der Waals surface area contributed by atoms with E-state index >= 15 is 0 Å². The summed E-state index contributed by atoms with van der Waals surface area (Å²) < 4.78 is 0. The number of likely N-dealkylation sites (tertiary alicyclic amines) is 1. The Bertz CT molecular complexity index is 531. The number of carbonyl (C=O) groups is 1. The lowest BCUT2D eigenvalue weighted by Gasteiger charge is -2.29. The third-order valence-electron chi connectivity index (χ3n) is 4.15. The summed E-state index contributed by atoms with van der Waals surface area (Å²) in [5.74, 6) is 0.0507. The van der Waals surface area contributed by atoms with Crippen molar-refractivity contribution in [3.63, 3.8) is 0 Å². The molecular weight excluding hydrogens is 307 g/mol. The Hall–Kier alpha value is -0.770. The molecule has 1 heterocycles. The number of halogens is 2. The van der Waals surface area contributed by atoms with Crippen molar-refractivity contribution in [2.45, 2.75) is 44.7 Å². The fourth-order valence-corrected chi connectivity index (χ4v) is 3.42. The van der Waals surface area contributed by atoms with Crippen LogP contribution in [0.4, 0.5) is 0 Å². The van der Waals surface area contributed by atoms with Gasteiger partial charge in [0.15, 0.2) is 0 Å². The summed E-state index contributed by atoms with van der Waals surface area (Å²) in [5.41, 5.74) is 0.292. The molecule has 0 unspecified atom stereocenters. The predicted molar refractivity (Wildman–Crippen MR) is 87.9 cm³/mol. The van der Waals surface area contributed by atoms with E-state index in [0.717, 1.165) is 24.9 Å². The van der Waals surface area contributed by atoms with Crippen LogP contribution in [0.3, 0.4) is 0 Å². The highest BCUT2D eigenvalue weighted by Crippen LogP contribution is 2.30. The molecule has 2 rings (SSSR count). The summed E-state index contributed by atoms with van der Waals surface area (Å²) in [6.45, 7) is 4.96. The molecule has 1 saturated heterocycles. The van der Waals surface area contributed by atoms with E-state index in [1.807, 2.05) is 19.9 Å². The van der Waals surface area contributed by atoms with Gasteiger partial charge in [-0.2, -0.15) is 0 Å². The largest absolute Gasteiger partial charge is 0.347 e. The predicted octanol–water partition coefficient (Wildman–Crippen LogP) is 3.83. The van der Waals surface area contributed by atoms with Gasteiger partial charge in [-0.25, -0.2) is 0 Å². The Morgan fingerprint density at radius 1 is 1.43 bits per heavy atom. The fourth-order valence-electron chi connectivity index (χ4n) is 2.89. The zero-order valence-electron chi connectivity index (χ0n) is 12.7. The van der Waals surface area contributed by atoms with E-state index in [4.69, 9.17) is 23.2 Å². The van der Waals surface area contributed by atoms with Crippen LogP contribution in [0.2, 0.25) is 10.0 Å². The topological polar surface area (TPSA) is 32.3 Å². The van der Waals surface area contributed by atoms with Crippen LogP contribution in [-0.4, -0.2) is 30.4 Å². The zero-order chi connectivity index (χ0) is 15.6. The highest BCUT2D eigenvalue weighted by Gasteiger charge is 2.29. The molecular formula is C16H22Cl2N2O. The average molecular weight is 329 g/mol. The number of nitrogens with one attached hydrogen (secondary N) is 1. The van der Waals surface area contributed by atoms with Gasteiger partial charge in [0.2, 0.25) is 5.91 Å². The molecule has 1 aromatic carbocycles. The molecule has 116 valence electrons. The van der Waals surface area contributed by atoms with Gasteiger partial charge in [0.1, 0.15) is 0 Å². The van der Waals surface area contributed by atoms with Crippen LogP contribution >= 0.6 is 23.2 Å². The Balaban J connectivity index is 2.06. The minimum Gasteiger partial charge on any atom is -0.347 e. The molecule has 3 nitrogen and oxygen atoms in total. The third kappa shape index (κ3) is 4.12. The maximum absolute atomic E-state index is 12.3. The van der Waals surface area contributed by atoms with Crippen molar-refractivity contribution in [3.8, 4) is 0 Å². The van der Waals surface area contributed by atoms with E-state index in [0.29, 0.717) is 22.5 Å². The van der Waals surface area contributed by atoms with Gasteiger partial charge in [-0.1, -0.05) is 23.2 Å². The van der Waals surface area contributed by atoms with Crippen LogP contribution in [0.1, 0.15) is 38.7 Å². The van der Waals surface area contributed by atoms with Gasteiger partial charge >= 0.3 is 0 Å². The van der Waals surface area contributed by atoms with E-state index in [1.54, 1.807) is 12.1 Å². The van der Waals surface area contributed by atoms with Crippen LogP contribution in [-0.2, 0) is 10.3 Å². The molecule has 1 aromatic rings. The van der Waals surface area contributed by atoms with E-state index in [2.05, 4.69) is 17.3 Å².